The van der Waals surface area contributed by atoms with E-state index in [0.717, 1.165) is 6.54 Å². The Morgan fingerprint density at radius 1 is 1.38 bits per heavy atom. The predicted octanol–water partition coefficient (Wildman–Crippen LogP) is 0.264. The molecular weight excluding hydrogens is 166 g/mol. The quantitative estimate of drug-likeness (QED) is 0.728. The lowest BCUT2D eigenvalue weighted by Crippen LogP contribution is -2.27. The molecule has 74 valence electrons. The molecule has 0 atom stereocenters. The highest BCUT2D eigenvalue weighted by atomic mass is 16.1. The molecule has 1 aromatic heterocycles. The maximum absolute atomic E-state index is 11.6. The molecule has 1 aromatic rings. The minimum Gasteiger partial charge on any atom is -0.329 e. The van der Waals surface area contributed by atoms with Gasteiger partial charge in [0, 0.05) is 32.0 Å². The van der Waals surface area contributed by atoms with Crippen LogP contribution in [0.4, 0.5) is 0 Å². The number of nitrogens with zero attached hydrogens (tertiary/aromatic N) is 2. The maximum Gasteiger partial charge on any atom is 0.328 e. The van der Waals surface area contributed by atoms with Gasteiger partial charge in [0.2, 0.25) is 0 Å². The zero-order chi connectivity index (χ0) is 9.84. The molecule has 0 aliphatic rings. The average molecular weight is 183 g/mol. The Hall–Kier alpha value is -1.03. The third kappa shape index (κ3) is 2.45. The molecule has 0 saturated heterocycles. The zero-order valence-electron chi connectivity index (χ0n) is 8.23. The van der Waals surface area contributed by atoms with Crippen molar-refractivity contribution in [3.05, 3.63) is 22.9 Å². The lowest BCUT2D eigenvalue weighted by atomic mass is 10.2. The highest BCUT2D eigenvalue weighted by molar-refractivity contribution is 4.81. The van der Waals surface area contributed by atoms with E-state index in [0.29, 0.717) is 19.0 Å². The van der Waals surface area contributed by atoms with Crippen molar-refractivity contribution in [2.45, 2.75) is 26.9 Å². The van der Waals surface area contributed by atoms with Crippen LogP contribution in [-0.4, -0.2) is 15.7 Å². The Balaban J connectivity index is 2.80. The highest BCUT2D eigenvalue weighted by Gasteiger charge is 2.03. The van der Waals surface area contributed by atoms with E-state index in [1.165, 1.54) is 0 Å². The summed E-state index contributed by atoms with van der Waals surface area (Å²) in [5.74, 6) is 0.492. The molecule has 13 heavy (non-hydrogen) atoms. The molecule has 2 N–H and O–H groups in total. The summed E-state index contributed by atoms with van der Waals surface area (Å²) in [5.41, 5.74) is 5.41. The van der Waals surface area contributed by atoms with Crippen LogP contribution in [0, 0.1) is 5.92 Å². The first-order valence-corrected chi connectivity index (χ1v) is 4.60. The second-order valence-corrected chi connectivity index (χ2v) is 3.61. The molecule has 0 saturated carbocycles. The van der Waals surface area contributed by atoms with Crippen LogP contribution in [-0.2, 0) is 13.1 Å². The van der Waals surface area contributed by atoms with Crippen molar-refractivity contribution in [2.75, 3.05) is 6.54 Å². The Morgan fingerprint density at radius 3 is 2.54 bits per heavy atom. The largest absolute Gasteiger partial charge is 0.329 e. The van der Waals surface area contributed by atoms with Gasteiger partial charge in [-0.2, -0.15) is 0 Å². The van der Waals surface area contributed by atoms with Crippen LogP contribution < -0.4 is 11.4 Å². The number of rotatable bonds is 4. The molecule has 0 amide bonds. The molecular formula is C9H17N3O. The Kier molecular flexibility index (Phi) is 3.31. The van der Waals surface area contributed by atoms with Crippen LogP contribution in [0.1, 0.15) is 13.8 Å². The molecule has 0 aliphatic carbocycles. The Labute approximate surface area is 78.0 Å². The molecule has 0 bridgehead atoms. The van der Waals surface area contributed by atoms with Crippen molar-refractivity contribution in [3.8, 4) is 0 Å². The van der Waals surface area contributed by atoms with Crippen molar-refractivity contribution in [2.24, 2.45) is 11.7 Å². The summed E-state index contributed by atoms with van der Waals surface area (Å²) in [4.78, 5) is 11.6. The summed E-state index contributed by atoms with van der Waals surface area (Å²) >= 11 is 0. The van der Waals surface area contributed by atoms with Gasteiger partial charge in [-0.05, 0) is 5.92 Å². The minimum atomic E-state index is 0.0409. The highest BCUT2D eigenvalue weighted by Crippen LogP contribution is 1.95. The molecule has 0 aromatic carbocycles. The second-order valence-electron chi connectivity index (χ2n) is 3.61. The summed E-state index contributed by atoms with van der Waals surface area (Å²) < 4.78 is 3.36. The van der Waals surface area contributed by atoms with E-state index in [4.69, 9.17) is 5.73 Å². The van der Waals surface area contributed by atoms with E-state index in [1.807, 2.05) is 6.20 Å². The van der Waals surface area contributed by atoms with Gasteiger partial charge in [0.25, 0.3) is 0 Å². The first-order valence-electron chi connectivity index (χ1n) is 4.60. The van der Waals surface area contributed by atoms with Crippen molar-refractivity contribution >= 4 is 0 Å². The lowest BCUT2D eigenvalue weighted by molar-refractivity contribution is 0.501. The minimum absolute atomic E-state index is 0.0409. The fourth-order valence-electron chi connectivity index (χ4n) is 1.30. The molecule has 1 rings (SSSR count). The fraction of sp³-hybridized carbons (Fsp3) is 0.667. The standard InChI is InChI=1S/C9H17N3O/c1-8(2)7-12-6-5-11(4-3-10)9(12)13/h5-6,8H,3-4,7,10H2,1-2H3. The summed E-state index contributed by atoms with van der Waals surface area (Å²) in [6, 6.07) is 0. The van der Waals surface area contributed by atoms with Crippen molar-refractivity contribution in [1.82, 2.24) is 9.13 Å². The SMILES string of the molecule is CC(C)Cn1ccn(CCN)c1=O. The van der Waals surface area contributed by atoms with E-state index in [1.54, 1.807) is 15.3 Å². The van der Waals surface area contributed by atoms with Gasteiger partial charge < -0.3 is 5.73 Å². The molecule has 0 fully saturated rings. The van der Waals surface area contributed by atoms with Crippen LogP contribution in [0.15, 0.2) is 17.2 Å². The second kappa shape index (κ2) is 4.28. The van der Waals surface area contributed by atoms with Gasteiger partial charge >= 0.3 is 5.69 Å². The lowest BCUT2D eigenvalue weighted by Gasteiger charge is -2.03. The van der Waals surface area contributed by atoms with E-state index in [2.05, 4.69) is 13.8 Å². The number of hydrogen-bond donors (Lipinski definition) is 1. The van der Waals surface area contributed by atoms with Crippen molar-refractivity contribution < 1.29 is 0 Å². The summed E-state index contributed by atoms with van der Waals surface area (Å²) in [6.45, 7) is 6.06. The smallest absolute Gasteiger partial charge is 0.328 e. The molecule has 4 nitrogen and oxygen atoms in total. The van der Waals surface area contributed by atoms with Gasteiger partial charge in [-0.15, -0.1) is 0 Å². The van der Waals surface area contributed by atoms with Gasteiger partial charge in [0.15, 0.2) is 0 Å². The monoisotopic (exact) mass is 183 g/mol. The maximum atomic E-state index is 11.6. The van der Waals surface area contributed by atoms with E-state index in [-0.39, 0.29) is 5.69 Å². The van der Waals surface area contributed by atoms with E-state index < -0.39 is 0 Å². The Morgan fingerprint density at radius 2 is 2.00 bits per heavy atom. The van der Waals surface area contributed by atoms with Gasteiger partial charge in [0.05, 0.1) is 0 Å². The van der Waals surface area contributed by atoms with Crippen LogP contribution >= 0.6 is 0 Å². The fourth-order valence-corrected chi connectivity index (χ4v) is 1.30. The summed E-state index contributed by atoms with van der Waals surface area (Å²) in [5, 5.41) is 0. The van der Waals surface area contributed by atoms with E-state index >= 15 is 0 Å². The third-order valence-corrected chi connectivity index (χ3v) is 1.85. The number of hydrogen-bond acceptors (Lipinski definition) is 2. The third-order valence-electron chi connectivity index (χ3n) is 1.85. The molecule has 0 unspecified atom stereocenters. The first-order chi connectivity index (χ1) is 6.15. The van der Waals surface area contributed by atoms with Crippen LogP contribution in [0.3, 0.4) is 0 Å². The average Bonchev–Trinajstić information content (AvgIpc) is 2.36. The Bertz CT molecular complexity index is 311. The molecule has 1 heterocycles. The van der Waals surface area contributed by atoms with Gasteiger partial charge in [-0.3, -0.25) is 9.13 Å². The van der Waals surface area contributed by atoms with Gasteiger partial charge in [-0.1, -0.05) is 13.8 Å². The number of aromatic nitrogens is 2. The molecule has 0 aliphatic heterocycles. The number of imidazole rings is 1. The number of nitrogens with two attached hydrogens (primary N) is 1. The topological polar surface area (TPSA) is 52.9 Å². The first kappa shape index (κ1) is 10.1. The molecule has 0 spiro atoms. The van der Waals surface area contributed by atoms with Crippen molar-refractivity contribution in [1.29, 1.82) is 0 Å². The van der Waals surface area contributed by atoms with Gasteiger partial charge in [0.1, 0.15) is 0 Å². The van der Waals surface area contributed by atoms with Crippen LogP contribution in [0.2, 0.25) is 0 Å². The van der Waals surface area contributed by atoms with Crippen LogP contribution in [0.25, 0.3) is 0 Å². The van der Waals surface area contributed by atoms with Crippen LogP contribution in [0.5, 0.6) is 0 Å². The zero-order valence-corrected chi connectivity index (χ0v) is 8.23. The summed E-state index contributed by atoms with van der Waals surface area (Å²) in [6.07, 6.45) is 3.61. The summed E-state index contributed by atoms with van der Waals surface area (Å²) in [7, 11) is 0. The van der Waals surface area contributed by atoms with E-state index in [9.17, 15) is 4.79 Å². The molecule has 0 radical (unpaired) electrons. The molecule has 4 heteroatoms. The van der Waals surface area contributed by atoms with Crippen molar-refractivity contribution in [3.63, 3.8) is 0 Å². The predicted molar refractivity (Wildman–Crippen MR) is 52.6 cm³/mol. The van der Waals surface area contributed by atoms with Gasteiger partial charge in [-0.25, -0.2) is 4.79 Å². The normalized spacial score (nSPS) is 11.1.